The summed E-state index contributed by atoms with van der Waals surface area (Å²) in [5.74, 6) is -2.67. The molecule has 14 heteroatoms. The molecule has 0 radical (unpaired) electrons. The molecule has 0 amide bonds. The van der Waals surface area contributed by atoms with E-state index in [1.54, 1.807) is 36.5 Å². The van der Waals surface area contributed by atoms with E-state index in [2.05, 4.69) is 48.8 Å². The van der Waals surface area contributed by atoms with E-state index in [0.29, 0.717) is 19.3 Å². The first-order valence-electron chi connectivity index (χ1n) is 22.2. The number of aliphatic hydroxyl groups excluding tert-OH is 2. The van der Waals surface area contributed by atoms with Crippen molar-refractivity contribution in [2.45, 2.75) is 179 Å². The van der Waals surface area contributed by atoms with Gasteiger partial charge in [-0.1, -0.05) is 145 Å². The van der Waals surface area contributed by atoms with Gasteiger partial charge in [0.2, 0.25) is 0 Å². The number of hydrogen-bond acceptors (Lipinski definition) is 11. The highest BCUT2D eigenvalue weighted by molar-refractivity contribution is 7.47. The Morgan fingerprint density at radius 3 is 1.73 bits per heavy atom. The van der Waals surface area contributed by atoms with Crippen LogP contribution in [0.2, 0.25) is 0 Å². The lowest BCUT2D eigenvalue weighted by atomic mass is 10.1. The van der Waals surface area contributed by atoms with Crippen LogP contribution in [0.1, 0.15) is 155 Å². The van der Waals surface area contributed by atoms with Crippen molar-refractivity contribution in [3.63, 3.8) is 0 Å². The largest absolute Gasteiger partial charge is 0.480 e. The Morgan fingerprint density at radius 1 is 0.617 bits per heavy atom. The number of rotatable bonds is 40. The second kappa shape index (κ2) is 39.9. The van der Waals surface area contributed by atoms with Gasteiger partial charge in [0.05, 0.1) is 25.4 Å². The first-order chi connectivity index (χ1) is 28.9. The lowest BCUT2D eigenvalue weighted by Gasteiger charge is -2.20. The molecular formula is C46H78NO12P. The molecule has 0 saturated heterocycles. The molecule has 0 saturated carbocycles. The first kappa shape index (κ1) is 56.8. The number of hydrogen-bond donors (Lipinski definition) is 5. The molecule has 0 spiro atoms. The number of carbonyl (C=O) groups excluding carboxylic acids is 2. The van der Waals surface area contributed by atoms with Crippen molar-refractivity contribution in [1.29, 1.82) is 0 Å². The minimum atomic E-state index is -4.78. The van der Waals surface area contributed by atoms with E-state index < -0.39 is 69.9 Å². The number of phosphoric acid groups is 1. The quantitative estimate of drug-likeness (QED) is 0.0128. The van der Waals surface area contributed by atoms with E-state index in [4.69, 9.17) is 24.8 Å². The van der Waals surface area contributed by atoms with Crippen molar-refractivity contribution in [2.24, 2.45) is 5.73 Å². The van der Waals surface area contributed by atoms with Crippen LogP contribution in [0.5, 0.6) is 0 Å². The van der Waals surface area contributed by atoms with Gasteiger partial charge in [0.15, 0.2) is 6.10 Å². The third kappa shape index (κ3) is 39.0. The third-order valence-electron chi connectivity index (χ3n) is 9.12. The Hall–Kier alpha value is -3.16. The minimum absolute atomic E-state index is 0.0435. The van der Waals surface area contributed by atoms with Crippen molar-refractivity contribution in [3.05, 3.63) is 72.9 Å². The highest BCUT2D eigenvalue weighted by Gasteiger charge is 2.28. The molecule has 0 aromatic rings. The molecule has 0 aliphatic rings. The second-order valence-corrected chi connectivity index (χ2v) is 16.3. The van der Waals surface area contributed by atoms with Crippen molar-refractivity contribution in [1.82, 2.24) is 0 Å². The molecule has 0 aliphatic heterocycles. The fraction of sp³-hybridized carbons (Fsp3) is 0.674. The number of esters is 2. The summed E-state index contributed by atoms with van der Waals surface area (Å²) in [6.07, 6.45) is 40.2. The van der Waals surface area contributed by atoms with E-state index in [-0.39, 0.29) is 19.3 Å². The summed E-state index contributed by atoms with van der Waals surface area (Å²) in [6.45, 7) is 2.45. The summed E-state index contributed by atoms with van der Waals surface area (Å²) < 4.78 is 32.5. The Balaban J connectivity index is 4.63. The SMILES string of the molecule is CCCCC/C=C\C/C=C\CCCCCCCCCC(=O)O[C@H](COC(=O)CCC[C@H](O)\C=C/C=C/C=C/[C@H](O)C/C=C\CCCCC)COP(=O)(O)OC[C@H](N)C(=O)O. The molecule has 0 aromatic carbocycles. The van der Waals surface area contributed by atoms with Crippen LogP contribution in [-0.4, -0.2) is 82.3 Å². The predicted octanol–water partition coefficient (Wildman–Crippen LogP) is 9.67. The van der Waals surface area contributed by atoms with Crippen molar-refractivity contribution in [2.75, 3.05) is 19.8 Å². The van der Waals surface area contributed by atoms with Crippen molar-refractivity contribution in [3.8, 4) is 0 Å². The van der Waals surface area contributed by atoms with Gasteiger partial charge in [-0.05, 0) is 70.6 Å². The zero-order valence-corrected chi connectivity index (χ0v) is 37.4. The van der Waals surface area contributed by atoms with Crippen LogP contribution in [0.25, 0.3) is 0 Å². The highest BCUT2D eigenvalue weighted by atomic mass is 31.2. The molecule has 0 aliphatic carbocycles. The molecule has 0 rings (SSSR count). The molecule has 0 fully saturated rings. The first-order valence-corrected chi connectivity index (χ1v) is 23.7. The van der Waals surface area contributed by atoms with Gasteiger partial charge in [0.25, 0.3) is 0 Å². The molecule has 0 bridgehead atoms. The van der Waals surface area contributed by atoms with Crippen LogP contribution in [0.4, 0.5) is 0 Å². The summed E-state index contributed by atoms with van der Waals surface area (Å²) in [4.78, 5) is 46.0. The number of ether oxygens (including phenoxy) is 2. The monoisotopic (exact) mass is 868 g/mol. The summed E-state index contributed by atoms with van der Waals surface area (Å²) in [5, 5.41) is 29.2. The van der Waals surface area contributed by atoms with Gasteiger partial charge in [-0.15, -0.1) is 0 Å². The van der Waals surface area contributed by atoms with Crippen LogP contribution in [-0.2, 0) is 37.5 Å². The van der Waals surface area contributed by atoms with E-state index in [1.165, 1.54) is 32.1 Å². The Labute approximate surface area is 360 Å². The lowest BCUT2D eigenvalue weighted by Crippen LogP contribution is -2.34. The Kier molecular flexibility index (Phi) is 37.8. The molecule has 60 heavy (non-hydrogen) atoms. The minimum Gasteiger partial charge on any atom is -0.480 e. The lowest BCUT2D eigenvalue weighted by molar-refractivity contribution is -0.161. The summed E-state index contributed by atoms with van der Waals surface area (Å²) >= 11 is 0. The number of unbranched alkanes of at least 4 members (excludes halogenated alkanes) is 13. The molecule has 344 valence electrons. The molecule has 6 N–H and O–H groups in total. The number of carbonyl (C=O) groups is 3. The molecule has 13 nitrogen and oxygen atoms in total. The summed E-state index contributed by atoms with van der Waals surface area (Å²) in [7, 11) is -4.78. The van der Waals surface area contributed by atoms with Gasteiger partial charge in [0.1, 0.15) is 12.6 Å². The van der Waals surface area contributed by atoms with E-state index in [9.17, 15) is 34.1 Å². The fourth-order valence-corrected chi connectivity index (χ4v) is 6.30. The van der Waals surface area contributed by atoms with Crippen molar-refractivity contribution < 1.29 is 57.7 Å². The number of aliphatic carboxylic acids is 1. The number of carboxylic acids is 1. The van der Waals surface area contributed by atoms with Crippen LogP contribution in [0.3, 0.4) is 0 Å². The molecule has 1 unspecified atom stereocenters. The zero-order valence-electron chi connectivity index (χ0n) is 36.5. The smallest absolute Gasteiger partial charge is 0.472 e. The Morgan fingerprint density at radius 2 is 1.13 bits per heavy atom. The van der Waals surface area contributed by atoms with Crippen LogP contribution >= 0.6 is 7.82 Å². The predicted molar refractivity (Wildman–Crippen MR) is 238 cm³/mol. The molecular weight excluding hydrogens is 789 g/mol. The molecule has 0 heterocycles. The normalized spacial score (nSPS) is 15.4. The topological polar surface area (TPSA) is 212 Å². The number of aliphatic hydroxyl groups is 2. The molecule has 5 atom stereocenters. The summed E-state index contributed by atoms with van der Waals surface area (Å²) in [6, 6.07) is -1.56. The maximum absolute atomic E-state index is 12.6. The third-order valence-corrected chi connectivity index (χ3v) is 10.1. The highest BCUT2D eigenvalue weighted by Crippen LogP contribution is 2.43. The average Bonchev–Trinajstić information content (AvgIpc) is 3.21. The van der Waals surface area contributed by atoms with Gasteiger partial charge >= 0.3 is 25.7 Å². The Bertz CT molecular complexity index is 1330. The number of allylic oxidation sites excluding steroid dienone is 9. The number of nitrogens with two attached hydrogens (primary N) is 1. The standard InChI is InChI=1S/C46H78NO12P/c1-3-5-7-9-11-12-13-14-15-16-17-18-19-20-21-23-29-35-45(51)59-42(38-57-60(54,55)58-39-43(47)46(52)53)37-56-44(50)36-30-34-41(49)33-28-25-24-27-32-40(48)31-26-22-10-8-6-4-2/h11-12,14-15,22,24-28,32-33,40-43,48-49H,3-10,13,16-21,23,29-31,34-39,47H2,1-2H3,(H,52,53)(H,54,55)/b12-11-,15-14-,25-24+,26-22-,32-27+,33-28-/t40-,41-,42-,43+/m1/s1. The van der Waals surface area contributed by atoms with Gasteiger partial charge in [-0.3, -0.25) is 23.4 Å². The van der Waals surface area contributed by atoms with Crippen molar-refractivity contribution >= 4 is 25.7 Å². The van der Waals surface area contributed by atoms with Gasteiger partial charge in [-0.25, -0.2) is 4.57 Å². The van der Waals surface area contributed by atoms with Gasteiger partial charge in [-0.2, -0.15) is 0 Å². The second-order valence-electron chi connectivity index (χ2n) is 14.9. The fourth-order valence-electron chi connectivity index (χ4n) is 5.52. The van der Waals surface area contributed by atoms with Gasteiger partial charge < -0.3 is 35.4 Å². The average molecular weight is 868 g/mol. The van der Waals surface area contributed by atoms with Crippen LogP contribution in [0.15, 0.2) is 72.9 Å². The maximum atomic E-state index is 12.6. The number of carboxylic acid groups (broad SMARTS) is 1. The van der Waals surface area contributed by atoms with Gasteiger partial charge in [0, 0.05) is 12.8 Å². The maximum Gasteiger partial charge on any atom is 0.472 e. The van der Waals surface area contributed by atoms with E-state index in [1.807, 2.05) is 6.08 Å². The number of phosphoric ester groups is 1. The van der Waals surface area contributed by atoms with Crippen LogP contribution in [0, 0.1) is 0 Å². The van der Waals surface area contributed by atoms with Crippen LogP contribution < -0.4 is 5.73 Å². The molecule has 0 aromatic heterocycles. The van der Waals surface area contributed by atoms with E-state index in [0.717, 1.165) is 70.6 Å². The zero-order chi connectivity index (χ0) is 44.5. The summed E-state index contributed by atoms with van der Waals surface area (Å²) in [5.41, 5.74) is 5.32. The van der Waals surface area contributed by atoms with E-state index >= 15 is 0 Å².